The van der Waals surface area contributed by atoms with Crippen LogP contribution in [0.1, 0.15) is 22.3 Å². The third-order valence-electron chi connectivity index (χ3n) is 5.39. The first-order valence-electron chi connectivity index (χ1n) is 10.1. The molecule has 0 saturated heterocycles. The van der Waals surface area contributed by atoms with E-state index in [1.165, 1.54) is 25.3 Å². The van der Waals surface area contributed by atoms with E-state index in [0.29, 0.717) is 18.6 Å². The Morgan fingerprint density at radius 1 is 0.906 bits per heavy atom. The molecule has 0 aliphatic rings. The number of benzene rings is 3. The number of nitrogens with zero attached hydrogens (tertiary/aromatic N) is 1. The number of fused-ring (bicyclic) bond motifs is 1. The second kappa shape index (κ2) is 9.04. The lowest BCUT2D eigenvalue weighted by Crippen LogP contribution is -2.17. The van der Waals surface area contributed by atoms with E-state index in [1.54, 1.807) is 12.1 Å². The highest BCUT2D eigenvalue weighted by Crippen LogP contribution is 2.32. The maximum atomic E-state index is 14.4. The van der Waals surface area contributed by atoms with Gasteiger partial charge in [0.25, 0.3) is 0 Å². The van der Waals surface area contributed by atoms with Gasteiger partial charge in [0.15, 0.2) is 11.6 Å². The molecule has 7 heteroatoms. The second-order valence-corrected chi connectivity index (χ2v) is 7.53. The number of hydrogen-bond donors (Lipinski definition) is 1. The average Bonchev–Trinajstić information content (AvgIpc) is 3.09. The van der Waals surface area contributed by atoms with Crippen molar-refractivity contribution >= 4 is 10.9 Å². The summed E-state index contributed by atoms with van der Waals surface area (Å²) in [4.78, 5) is 0. The maximum absolute atomic E-state index is 14.4. The number of ether oxygens (including phenoxy) is 1. The predicted molar refractivity (Wildman–Crippen MR) is 116 cm³/mol. The summed E-state index contributed by atoms with van der Waals surface area (Å²) in [5.74, 6) is -0.343. The van der Waals surface area contributed by atoms with E-state index in [9.17, 15) is 17.6 Å². The highest BCUT2D eigenvalue weighted by molar-refractivity contribution is 5.85. The fourth-order valence-corrected chi connectivity index (χ4v) is 3.86. The molecule has 3 nitrogen and oxygen atoms in total. The number of nitrogens with one attached hydrogen (secondary N) is 1. The van der Waals surface area contributed by atoms with Gasteiger partial charge in [-0.25, -0.2) is 4.39 Å². The highest BCUT2D eigenvalue weighted by atomic mass is 19.4. The van der Waals surface area contributed by atoms with Crippen molar-refractivity contribution < 1.29 is 22.3 Å². The van der Waals surface area contributed by atoms with Gasteiger partial charge in [0.1, 0.15) is 0 Å². The maximum Gasteiger partial charge on any atom is 0.416 e. The molecule has 0 atom stereocenters. The van der Waals surface area contributed by atoms with Crippen LogP contribution in [-0.2, 0) is 25.8 Å². The van der Waals surface area contributed by atoms with Crippen LogP contribution in [0.25, 0.3) is 10.9 Å². The van der Waals surface area contributed by atoms with Crippen LogP contribution < -0.4 is 10.1 Å². The summed E-state index contributed by atoms with van der Waals surface area (Å²) in [5.41, 5.74) is 2.12. The van der Waals surface area contributed by atoms with E-state index < -0.39 is 17.6 Å². The first kappa shape index (κ1) is 21.9. The van der Waals surface area contributed by atoms with Crippen molar-refractivity contribution in [3.05, 3.63) is 101 Å². The van der Waals surface area contributed by atoms with E-state index in [1.807, 2.05) is 41.1 Å². The first-order valence-corrected chi connectivity index (χ1v) is 10.1. The number of hydrogen-bond acceptors (Lipinski definition) is 2. The fourth-order valence-electron chi connectivity index (χ4n) is 3.86. The topological polar surface area (TPSA) is 26.2 Å². The van der Waals surface area contributed by atoms with Crippen molar-refractivity contribution in [3.63, 3.8) is 0 Å². The molecule has 0 aliphatic carbocycles. The minimum Gasteiger partial charge on any atom is -0.494 e. The smallest absolute Gasteiger partial charge is 0.416 e. The van der Waals surface area contributed by atoms with Crippen LogP contribution in [0.2, 0.25) is 0 Å². The molecule has 0 aliphatic heterocycles. The largest absolute Gasteiger partial charge is 0.494 e. The van der Waals surface area contributed by atoms with Crippen LogP contribution >= 0.6 is 0 Å². The molecular formula is C25H22F4N2O. The molecule has 0 unspecified atom stereocenters. The summed E-state index contributed by atoms with van der Waals surface area (Å²) in [7, 11) is 1.40. The van der Waals surface area contributed by atoms with Gasteiger partial charge in [0.2, 0.25) is 0 Å². The summed E-state index contributed by atoms with van der Waals surface area (Å²) in [6, 6.07) is 18.3. The van der Waals surface area contributed by atoms with E-state index in [-0.39, 0.29) is 17.9 Å². The lowest BCUT2D eigenvalue weighted by Gasteiger charge is -2.13. The molecule has 0 saturated carbocycles. The van der Waals surface area contributed by atoms with Gasteiger partial charge in [-0.05, 0) is 28.8 Å². The Morgan fingerprint density at radius 3 is 2.31 bits per heavy atom. The van der Waals surface area contributed by atoms with Gasteiger partial charge in [-0.1, -0.05) is 48.5 Å². The normalized spacial score (nSPS) is 11.8. The standard InChI is InChI=1S/C25H22F4N2O/c1-32-24-11-20-19(14-30-13-18-9-5-6-10-21(18)25(27,28)29)16-31(23(20)12-22(24)26)15-17-7-3-2-4-8-17/h2-12,16,30H,13-15H2,1H3. The van der Waals surface area contributed by atoms with Gasteiger partial charge < -0.3 is 14.6 Å². The molecule has 1 heterocycles. The van der Waals surface area contributed by atoms with Gasteiger partial charge in [-0.3, -0.25) is 0 Å². The Balaban J connectivity index is 1.62. The van der Waals surface area contributed by atoms with Crippen LogP contribution in [0.15, 0.2) is 72.9 Å². The zero-order chi connectivity index (χ0) is 22.7. The van der Waals surface area contributed by atoms with Crippen LogP contribution in [0.4, 0.5) is 17.6 Å². The Bertz CT molecular complexity index is 1220. The number of alkyl halides is 3. The predicted octanol–water partition coefficient (Wildman–Crippen LogP) is 6.15. The van der Waals surface area contributed by atoms with Crippen LogP contribution in [0, 0.1) is 5.82 Å². The van der Waals surface area contributed by atoms with E-state index in [2.05, 4.69) is 5.32 Å². The number of rotatable bonds is 7. The van der Waals surface area contributed by atoms with Crippen LogP contribution in [0.3, 0.4) is 0 Å². The van der Waals surface area contributed by atoms with Crippen molar-refractivity contribution in [3.8, 4) is 5.75 Å². The Kier molecular flexibility index (Phi) is 6.19. The molecule has 32 heavy (non-hydrogen) atoms. The Labute approximate surface area is 183 Å². The van der Waals surface area contributed by atoms with Crippen molar-refractivity contribution in [2.75, 3.05) is 7.11 Å². The quantitative estimate of drug-likeness (QED) is 0.348. The molecule has 0 bridgehead atoms. The summed E-state index contributed by atoms with van der Waals surface area (Å²) in [5, 5.41) is 3.89. The van der Waals surface area contributed by atoms with Gasteiger partial charge in [-0.15, -0.1) is 0 Å². The van der Waals surface area contributed by atoms with E-state index in [4.69, 9.17) is 4.74 Å². The molecule has 166 valence electrons. The zero-order valence-electron chi connectivity index (χ0n) is 17.4. The zero-order valence-corrected chi connectivity index (χ0v) is 17.4. The third-order valence-corrected chi connectivity index (χ3v) is 5.39. The first-order chi connectivity index (χ1) is 15.4. The number of aromatic nitrogens is 1. The summed E-state index contributed by atoms with van der Waals surface area (Å²) >= 11 is 0. The molecule has 0 fully saturated rings. The SMILES string of the molecule is COc1cc2c(CNCc3ccccc3C(F)(F)F)cn(Cc3ccccc3)c2cc1F. The monoisotopic (exact) mass is 442 g/mol. The van der Waals surface area contributed by atoms with E-state index >= 15 is 0 Å². The summed E-state index contributed by atoms with van der Waals surface area (Å²) in [6.07, 6.45) is -2.51. The minimum absolute atomic E-state index is 0.0549. The summed E-state index contributed by atoms with van der Waals surface area (Å²) < 4.78 is 61.3. The molecule has 0 radical (unpaired) electrons. The van der Waals surface area contributed by atoms with Gasteiger partial charge in [0.05, 0.1) is 18.2 Å². The Morgan fingerprint density at radius 2 is 1.59 bits per heavy atom. The minimum atomic E-state index is -4.41. The highest BCUT2D eigenvalue weighted by Gasteiger charge is 2.32. The lowest BCUT2D eigenvalue weighted by molar-refractivity contribution is -0.138. The van der Waals surface area contributed by atoms with Crippen molar-refractivity contribution in [2.45, 2.75) is 25.8 Å². The molecule has 0 spiro atoms. The molecule has 1 N–H and O–H groups in total. The third kappa shape index (κ3) is 4.62. The molecule has 4 aromatic rings. The van der Waals surface area contributed by atoms with Crippen molar-refractivity contribution in [1.82, 2.24) is 9.88 Å². The van der Waals surface area contributed by atoms with E-state index in [0.717, 1.165) is 22.6 Å². The van der Waals surface area contributed by atoms with Crippen molar-refractivity contribution in [2.24, 2.45) is 0 Å². The van der Waals surface area contributed by atoms with Gasteiger partial charge in [-0.2, -0.15) is 13.2 Å². The molecule has 1 aromatic heterocycles. The number of halogens is 4. The van der Waals surface area contributed by atoms with Gasteiger partial charge in [0, 0.05) is 37.3 Å². The Hall–Kier alpha value is -3.32. The second-order valence-electron chi connectivity index (χ2n) is 7.53. The molecule has 3 aromatic carbocycles. The van der Waals surface area contributed by atoms with Crippen LogP contribution in [0.5, 0.6) is 5.75 Å². The van der Waals surface area contributed by atoms with Crippen LogP contribution in [-0.4, -0.2) is 11.7 Å². The number of methoxy groups -OCH3 is 1. The molecule has 0 amide bonds. The fraction of sp³-hybridized carbons (Fsp3) is 0.200. The molecule has 4 rings (SSSR count). The summed E-state index contributed by atoms with van der Waals surface area (Å²) in [6.45, 7) is 0.915. The molecular weight excluding hydrogens is 420 g/mol. The van der Waals surface area contributed by atoms with Gasteiger partial charge >= 0.3 is 6.18 Å². The lowest BCUT2D eigenvalue weighted by atomic mass is 10.1. The van der Waals surface area contributed by atoms with Crippen molar-refractivity contribution in [1.29, 1.82) is 0 Å². The average molecular weight is 442 g/mol.